The van der Waals surface area contributed by atoms with E-state index in [2.05, 4.69) is 50.8 Å². The van der Waals surface area contributed by atoms with Crippen LogP contribution in [0.4, 0.5) is 0 Å². The van der Waals surface area contributed by atoms with Gasteiger partial charge in [0.05, 0.1) is 13.2 Å². The standard InChI is InChI=1S/C25H29NO3S/c1-6-18-10-12-20(21(7-2)26-18)23-13-17-9-11-19(14-22(17)30-23)28-15-25(4,5)16-29-24(27)8-3/h8-14H,3,6-7,15-16H2,1-2,4-5H3. The van der Waals surface area contributed by atoms with Crippen LogP contribution in [-0.2, 0) is 22.4 Å². The van der Waals surface area contributed by atoms with E-state index in [1.807, 2.05) is 19.9 Å². The molecule has 0 atom stereocenters. The molecule has 0 aliphatic rings. The maximum atomic E-state index is 11.3. The minimum atomic E-state index is -0.413. The quantitative estimate of drug-likeness (QED) is 0.303. The van der Waals surface area contributed by atoms with Crippen molar-refractivity contribution in [2.45, 2.75) is 40.5 Å². The highest BCUT2D eigenvalue weighted by Crippen LogP contribution is 2.37. The summed E-state index contributed by atoms with van der Waals surface area (Å²) in [6.45, 7) is 12.4. The molecule has 0 spiro atoms. The summed E-state index contributed by atoms with van der Waals surface area (Å²) in [7, 11) is 0. The molecule has 0 radical (unpaired) electrons. The van der Waals surface area contributed by atoms with Gasteiger partial charge in [0.25, 0.3) is 0 Å². The Labute approximate surface area is 182 Å². The van der Waals surface area contributed by atoms with E-state index in [0.717, 1.165) is 30.0 Å². The first-order valence-corrected chi connectivity index (χ1v) is 11.1. The molecule has 0 unspecified atom stereocenters. The highest BCUT2D eigenvalue weighted by molar-refractivity contribution is 7.22. The number of esters is 1. The number of fused-ring (bicyclic) bond motifs is 1. The van der Waals surface area contributed by atoms with Gasteiger partial charge in [0.1, 0.15) is 5.75 Å². The Morgan fingerprint density at radius 3 is 2.63 bits per heavy atom. The molecule has 0 saturated carbocycles. The molecule has 2 heterocycles. The number of aryl methyl sites for hydroxylation is 2. The number of pyridine rings is 1. The Morgan fingerprint density at radius 2 is 1.93 bits per heavy atom. The fourth-order valence-corrected chi connectivity index (χ4v) is 4.26. The molecule has 4 nitrogen and oxygen atoms in total. The van der Waals surface area contributed by atoms with E-state index in [1.165, 1.54) is 26.6 Å². The van der Waals surface area contributed by atoms with E-state index in [1.54, 1.807) is 11.3 Å². The number of hydrogen-bond donors (Lipinski definition) is 0. The first-order valence-electron chi connectivity index (χ1n) is 10.3. The maximum absolute atomic E-state index is 11.3. The summed E-state index contributed by atoms with van der Waals surface area (Å²) in [6, 6.07) is 12.7. The molecule has 0 aliphatic carbocycles. The molecular weight excluding hydrogens is 394 g/mol. The van der Waals surface area contributed by atoms with Gasteiger partial charge in [-0.3, -0.25) is 4.98 Å². The smallest absolute Gasteiger partial charge is 0.330 e. The molecule has 3 rings (SSSR count). The second kappa shape index (κ2) is 9.43. The number of rotatable bonds is 9. The summed E-state index contributed by atoms with van der Waals surface area (Å²) >= 11 is 1.76. The van der Waals surface area contributed by atoms with Gasteiger partial charge in [-0.1, -0.05) is 34.3 Å². The van der Waals surface area contributed by atoms with Gasteiger partial charge < -0.3 is 9.47 Å². The Morgan fingerprint density at radius 1 is 1.13 bits per heavy atom. The van der Waals surface area contributed by atoms with Crippen LogP contribution in [-0.4, -0.2) is 24.2 Å². The minimum absolute atomic E-state index is 0.282. The lowest BCUT2D eigenvalue weighted by Gasteiger charge is -2.24. The SMILES string of the molecule is C=CC(=O)OCC(C)(C)COc1ccc2cc(-c3ccc(CC)nc3CC)sc2c1. The van der Waals surface area contributed by atoms with Gasteiger partial charge in [0.15, 0.2) is 0 Å². The monoisotopic (exact) mass is 423 g/mol. The Hall–Kier alpha value is -2.66. The van der Waals surface area contributed by atoms with Crippen molar-refractivity contribution >= 4 is 27.4 Å². The van der Waals surface area contributed by atoms with Crippen LogP contribution in [0, 0.1) is 5.41 Å². The van der Waals surface area contributed by atoms with Crippen molar-refractivity contribution in [3.8, 4) is 16.2 Å². The average molecular weight is 424 g/mol. The molecule has 0 amide bonds. The fraction of sp³-hybridized carbons (Fsp3) is 0.360. The number of nitrogens with zero attached hydrogens (tertiary/aromatic N) is 1. The fourth-order valence-electron chi connectivity index (χ4n) is 3.12. The van der Waals surface area contributed by atoms with Crippen LogP contribution in [0.2, 0.25) is 0 Å². The van der Waals surface area contributed by atoms with Crippen molar-refractivity contribution in [1.29, 1.82) is 0 Å². The Kier molecular flexibility index (Phi) is 6.93. The number of ether oxygens (including phenoxy) is 2. The summed E-state index contributed by atoms with van der Waals surface area (Å²) in [5.41, 5.74) is 3.20. The van der Waals surface area contributed by atoms with Crippen molar-refractivity contribution in [1.82, 2.24) is 4.98 Å². The van der Waals surface area contributed by atoms with Crippen molar-refractivity contribution in [3.63, 3.8) is 0 Å². The van der Waals surface area contributed by atoms with Gasteiger partial charge >= 0.3 is 5.97 Å². The van der Waals surface area contributed by atoms with E-state index >= 15 is 0 Å². The first-order chi connectivity index (χ1) is 14.3. The molecule has 0 fully saturated rings. The summed E-state index contributed by atoms with van der Waals surface area (Å²) < 4.78 is 12.4. The third kappa shape index (κ3) is 5.28. The molecular formula is C25H29NO3S. The zero-order valence-electron chi connectivity index (χ0n) is 18.2. The van der Waals surface area contributed by atoms with Gasteiger partial charge in [-0.15, -0.1) is 11.3 Å². The topological polar surface area (TPSA) is 48.4 Å². The van der Waals surface area contributed by atoms with E-state index in [4.69, 9.17) is 14.5 Å². The van der Waals surface area contributed by atoms with Crippen molar-refractivity contribution in [2.75, 3.05) is 13.2 Å². The highest BCUT2D eigenvalue weighted by Gasteiger charge is 2.21. The van der Waals surface area contributed by atoms with Gasteiger partial charge in [0.2, 0.25) is 0 Å². The first kappa shape index (κ1) is 22.0. The summed E-state index contributed by atoms with van der Waals surface area (Å²) in [5, 5.41) is 1.20. The van der Waals surface area contributed by atoms with Crippen LogP contribution in [0.3, 0.4) is 0 Å². The van der Waals surface area contributed by atoms with E-state index in [9.17, 15) is 4.79 Å². The molecule has 1 aromatic carbocycles. The predicted octanol–water partition coefficient (Wildman–Crippen LogP) is 6.22. The molecule has 0 N–H and O–H groups in total. The number of aromatic nitrogens is 1. The number of carbonyl (C=O) groups is 1. The van der Waals surface area contributed by atoms with E-state index in [0.29, 0.717) is 6.61 Å². The van der Waals surface area contributed by atoms with E-state index < -0.39 is 5.97 Å². The number of thiophene rings is 1. The average Bonchev–Trinajstić information content (AvgIpc) is 3.18. The van der Waals surface area contributed by atoms with Crippen LogP contribution < -0.4 is 4.74 Å². The van der Waals surface area contributed by atoms with Crippen LogP contribution in [0.15, 0.2) is 49.1 Å². The molecule has 0 saturated heterocycles. The number of hydrogen-bond acceptors (Lipinski definition) is 5. The van der Waals surface area contributed by atoms with Crippen LogP contribution in [0.1, 0.15) is 39.1 Å². The summed E-state index contributed by atoms with van der Waals surface area (Å²) in [6.07, 6.45) is 3.04. The molecule has 3 aromatic rings. The van der Waals surface area contributed by atoms with E-state index in [-0.39, 0.29) is 12.0 Å². The lowest BCUT2D eigenvalue weighted by atomic mass is 9.96. The van der Waals surface area contributed by atoms with Gasteiger partial charge in [0, 0.05) is 38.0 Å². The molecule has 158 valence electrons. The minimum Gasteiger partial charge on any atom is -0.493 e. The molecule has 2 aromatic heterocycles. The van der Waals surface area contributed by atoms with Gasteiger partial charge in [-0.05, 0) is 54.6 Å². The number of benzene rings is 1. The summed E-state index contributed by atoms with van der Waals surface area (Å²) in [4.78, 5) is 17.3. The van der Waals surface area contributed by atoms with Crippen molar-refractivity contribution in [2.24, 2.45) is 5.41 Å². The molecule has 5 heteroatoms. The lowest BCUT2D eigenvalue weighted by Crippen LogP contribution is -2.28. The normalized spacial score (nSPS) is 11.5. The molecule has 0 aliphatic heterocycles. The van der Waals surface area contributed by atoms with Crippen molar-refractivity contribution in [3.05, 3.63) is 60.4 Å². The third-order valence-electron chi connectivity index (χ3n) is 4.89. The third-order valence-corrected chi connectivity index (χ3v) is 6.02. The maximum Gasteiger partial charge on any atom is 0.330 e. The second-order valence-electron chi connectivity index (χ2n) is 8.08. The Balaban J connectivity index is 1.76. The predicted molar refractivity (Wildman–Crippen MR) is 124 cm³/mol. The van der Waals surface area contributed by atoms with Crippen LogP contribution >= 0.6 is 11.3 Å². The second-order valence-corrected chi connectivity index (χ2v) is 9.16. The van der Waals surface area contributed by atoms with Crippen LogP contribution in [0.25, 0.3) is 20.5 Å². The van der Waals surface area contributed by atoms with Gasteiger partial charge in [-0.25, -0.2) is 4.79 Å². The Bertz CT molecular complexity index is 1050. The highest BCUT2D eigenvalue weighted by atomic mass is 32.1. The molecule has 30 heavy (non-hydrogen) atoms. The summed E-state index contributed by atoms with van der Waals surface area (Å²) in [5.74, 6) is 0.401. The largest absolute Gasteiger partial charge is 0.493 e. The van der Waals surface area contributed by atoms with Gasteiger partial charge in [-0.2, -0.15) is 0 Å². The zero-order valence-corrected chi connectivity index (χ0v) is 19.0. The lowest BCUT2D eigenvalue weighted by molar-refractivity contribution is -0.141. The molecule has 0 bridgehead atoms. The van der Waals surface area contributed by atoms with Crippen molar-refractivity contribution < 1.29 is 14.3 Å². The van der Waals surface area contributed by atoms with Crippen LogP contribution in [0.5, 0.6) is 5.75 Å². The zero-order chi connectivity index (χ0) is 21.7. The number of carbonyl (C=O) groups excluding carboxylic acids is 1.